The van der Waals surface area contributed by atoms with E-state index in [0.717, 1.165) is 0 Å². The van der Waals surface area contributed by atoms with Crippen molar-refractivity contribution in [1.82, 2.24) is 15.7 Å². The molecule has 0 bridgehead atoms. The van der Waals surface area contributed by atoms with Crippen LogP contribution < -0.4 is 16.5 Å². The van der Waals surface area contributed by atoms with Crippen molar-refractivity contribution in [2.75, 3.05) is 0 Å². The minimum atomic E-state index is -1.50. The first-order valence-electron chi connectivity index (χ1n) is 5.43. The average molecular weight is 275 g/mol. The summed E-state index contributed by atoms with van der Waals surface area (Å²) >= 11 is 0. The lowest BCUT2D eigenvalue weighted by atomic mass is 10.1. The fraction of sp³-hybridized carbons (Fsp3) is 0.0909. The topological polar surface area (TPSA) is 144 Å². The van der Waals surface area contributed by atoms with E-state index in [1.165, 1.54) is 24.5 Å². The van der Waals surface area contributed by atoms with Crippen molar-refractivity contribution in [3.05, 3.63) is 30.1 Å². The maximum absolute atomic E-state index is 11.7. The van der Waals surface area contributed by atoms with Crippen molar-refractivity contribution in [3.8, 4) is 0 Å². The number of nitrogens with one attached hydrogen (secondary N) is 2. The van der Waals surface area contributed by atoms with Crippen LogP contribution in [0.1, 0.15) is 10.4 Å². The zero-order valence-corrected chi connectivity index (χ0v) is 9.99. The number of carbonyl (C=O) groups excluding carboxylic acids is 4. The Morgan fingerprint density at radius 2 is 1.95 bits per heavy atom. The first-order chi connectivity index (χ1) is 9.50. The van der Waals surface area contributed by atoms with E-state index >= 15 is 0 Å². The number of primary amides is 1. The van der Waals surface area contributed by atoms with Gasteiger partial charge in [0.2, 0.25) is 11.8 Å². The summed E-state index contributed by atoms with van der Waals surface area (Å²) in [5.74, 6) is -4.87. The Hall–Kier alpha value is -3.10. The highest BCUT2D eigenvalue weighted by atomic mass is 16.2. The Morgan fingerprint density at radius 1 is 1.30 bits per heavy atom. The van der Waals surface area contributed by atoms with Crippen molar-refractivity contribution in [1.29, 1.82) is 0 Å². The molecule has 4 amide bonds. The second-order valence-corrected chi connectivity index (χ2v) is 3.83. The summed E-state index contributed by atoms with van der Waals surface area (Å²) in [7, 11) is 0. The van der Waals surface area contributed by atoms with E-state index in [0.29, 0.717) is 0 Å². The van der Waals surface area contributed by atoms with E-state index < -0.39 is 35.3 Å². The van der Waals surface area contributed by atoms with Crippen molar-refractivity contribution in [3.63, 3.8) is 0 Å². The molecule has 1 aromatic rings. The van der Waals surface area contributed by atoms with Crippen LogP contribution in [0.3, 0.4) is 0 Å². The number of hydrogen-bond acceptors (Lipinski definition) is 6. The predicted molar refractivity (Wildman–Crippen MR) is 65.0 cm³/mol. The fourth-order valence-corrected chi connectivity index (χ4v) is 1.56. The Morgan fingerprint density at radius 3 is 2.55 bits per heavy atom. The van der Waals surface area contributed by atoms with Crippen LogP contribution in [0.25, 0.3) is 0 Å². The molecular formula is C11H9N5O4. The summed E-state index contributed by atoms with van der Waals surface area (Å²) in [6.07, 6.45) is 2.81. The first kappa shape index (κ1) is 13.3. The molecule has 1 aliphatic rings. The summed E-state index contributed by atoms with van der Waals surface area (Å²) in [4.78, 5) is 49.2. The number of rotatable bonds is 3. The Kier molecular flexibility index (Phi) is 3.51. The predicted octanol–water partition coefficient (Wildman–Crippen LogP) is -2.07. The molecule has 0 aliphatic carbocycles. The van der Waals surface area contributed by atoms with Crippen molar-refractivity contribution >= 4 is 29.3 Å². The third-order valence-corrected chi connectivity index (χ3v) is 2.51. The van der Waals surface area contributed by atoms with E-state index in [2.05, 4.69) is 15.5 Å². The summed E-state index contributed by atoms with van der Waals surface area (Å²) in [5, 5.41) is 5.39. The molecule has 1 atom stereocenters. The molecule has 2 heterocycles. The van der Waals surface area contributed by atoms with E-state index in [-0.39, 0.29) is 5.56 Å². The standard InChI is InChI=1S/C11H9N5O4/c12-8(17)6-7(11(20)14-10(6)19)15-16-9(18)5-1-3-13-4-2-5/h1-4,6H,(H2,12,17)(H,16,18)(H,14,19,20)/b15-7+/t6-/m0/s1. The van der Waals surface area contributed by atoms with E-state index in [9.17, 15) is 19.2 Å². The van der Waals surface area contributed by atoms with Crippen LogP contribution in [0.4, 0.5) is 0 Å². The minimum Gasteiger partial charge on any atom is -0.369 e. The number of imide groups is 1. The van der Waals surface area contributed by atoms with Crippen molar-refractivity contribution in [2.45, 2.75) is 0 Å². The number of hydrazone groups is 1. The zero-order chi connectivity index (χ0) is 14.7. The highest BCUT2D eigenvalue weighted by Gasteiger charge is 2.42. The third kappa shape index (κ3) is 2.51. The molecule has 102 valence electrons. The Bertz CT molecular complexity index is 625. The number of carbonyl (C=O) groups is 4. The molecule has 4 N–H and O–H groups in total. The molecule has 9 nitrogen and oxygen atoms in total. The summed E-state index contributed by atoms with van der Waals surface area (Å²) in [6.45, 7) is 0. The molecule has 0 aromatic carbocycles. The van der Waals surface area contributed by atoms with Gasteiger partial charge in [-0.05, 0) is 12.1 Å². The second-order valence-electron chi connectivity index (χ2n) is 3.83. The number of aromatic nitrogens is 1. The minimum absolute atomic E-state index is 0.254. The molecule has 1 fully saturated rings. The van der Waals surface area contributed by atoms with Gasteiger partial charge in [-0.15, -0.1) is 0 Å². The van der Waals surface area contributed by atoms with Gasteiger partial charge in [0.05, 0.1) is 0 Å². The van der Waals surface area contributed by atoms with Crippen LogP contribution in [-0.4, -0.2) is 34.3 Å². The lowest BCUT2D eigenvalue weighted by Crippen LogP contribution is -2.34. The average Bonchev–Trinajstić information content (AvgIpc) is 2.71. The smallest absolute Gasteiger partial charge is 0.275 e. The summed E-state index contributed by atoms with van der Waals surface area (Å²) in [5.41, 5.74) is 6.90. The lowest BCUT2D eigenvalue weighted by Gasteiger charge is -2.03. The third-order valence-electron chi connectivity index (χ3n) is 2.51. The van der Waals surface area contributed by atoms with Gasteiger partial charge in [0.15, 0.2) is 5.92 Å². The van der Waals surface area contributed by atoms with Crippen LogP contribution in [0.2, 0.25) is 0 Å². The number of nitrogens with two attached hydrogens (primary N) is 1. The number of pyridine rings is 1. The molecule has 0 saturated carbocycles. The van der Waals surface area contributed by atoms with Gasteiger partial charge in [0.1, 0.15) is 5.71 Å². The van der Waals surface area contributed by atoms with E-state index in [1.54, 1.807) is 0 Å². The van der Waals surface area contributed by atoms with Crippen LogP contribution in [0, 0.1) is 5.92 Å². The van der Waals surface area contributed by atoms with Crippen LogP contribution in [-0.2, 0) is 14.4 Å². The summed E-state index contributed by atoms with van der Waals surface area (Å²) < 4.78 is 0. The maximum Gasteiger partial charge on any atom is 0.275 e. The van der Waals surface area contributed by atoms with Gasteiger partial charge >= 0.3 is 0 Å². The van der Waals surface area contributed by atoms with Gasteiger partial charge in [0, 0.05) is 18.0 Å². The molecule has 2 rings (SSSR count). The number of nitrogens with zero attached hydrogens (tertiary/aromatic N) is 2. The highest BCUT2D eigenvalue weighted by Crippen LogP contribution is 2.07. The normalized spacial score (nSPS) is 19.8. The number of hydrogen-bond donors (Lipinski definition) is 3. The number of amides is 4. The quantitative estimate of drug-likeness (QED) is 0.329. The molecule has 0 radical (unpaired) electrons. The molecule has 1 saturated heterocycles. The van der Waals surface area contributed by atoms with Gasteiger partial charge in [0.25, 0.3) is 11.8 Å². The van der Waals surface area contributed by atoms with Gasteiger partial charge in [-0.3, -0.25) is 29.5 Å². The van der Waals surface area contributed by atoms with Gasteiger partial charge in [-0.2, -0.15) is 5.10 Å². The van der Waals surface area contributed by atoms with Gasteiger partial charge in [-0.25, -0.2) is 5.43 Å². The molecule has 0 unspecified atom stereocenters. The van der Waals surface area contributed by atoms with Gasteiger partial charge < -0.3 is 5.73 Å². The first-order valence-corrected chi connectivity index (χ1v) is 5.43. The molecule has 20 heavy (non-hydrogen) atoms. The maximum atomic E-state index is 11.7. The van der Waals surface area contributed by atoms with Crippen LogP contribution in [0.15, 0.2) is 29.6 Å². The van der Waals surface area contributed by atoms with E-state index in [4.69, 9.17) is 5.73 Å². The molecule has 1 aliphatic heterocycles. The Labute approximate surface area is 112 Å². The zero-order valence-electron chi connectivity index (χ0n) is 9.99. The highest BCUT2D eigenvalue weighted by molar-refractivity contribution is 6.54. The fourth-order valence-electron chi connectivity index (χ4n) is 1.56. The molecule has 0 spiro atoms. The lowest BCUT2D eigenvalue weighted by molar-refractivity contribution is -0.130. The van der Waals surface area contributed by atoms with Crippen molar-refractivity contribution in [2.24, 2.45) is 16.8 Å². The van der Waals surface area contributed by atoms with Crippen LogP contribution in [0.5, 0.6) is 0 Å². The molecule has 9 heteroatoms. The van der Waals surface area contributed by atoms with E-state index in [1.807, 2.05) is 5.32 Å². The molecule has 1 aromatic heterocycles. The molecular weight excluding hydrogens is 266 g/mol. The van der Waals surface area contributed by atoms with Crippen LogP contribution >= 0.6 is 0 Å². The monoisotopic (exact) mass is 275 g/mol. The Balaban J connectivity index is 2.18. The van der Waals surface area contributed by atoms with Gasteiger partial charge in [-0.1, -0.05) is 0 Å². The summed E-state index contributed by atoms with van der Waals surface area (Å²) in [6, 6.07) is 2.86. The second kappa shape index (κ2) is 5.26. The SMILES string of the molecule is NC(=O)[C@H]1C(=O)NC(=O)/C1=N/NC(=O)c1ccncc1. The largest absolute Gasteiger partial charge is 0.369 e. The van der Waals surface area contributed by atoms with Crippen molar-refractivity contribution < 1.29 is 19.2 Å².